The molecule has 1 atom stereocenters. The van der Waals surface area contributed by atoms with Gasteiger partial charge in [0.15, 0.2) is 0 Å². The molecule has 0 aliphatic carbocycles. The lowest BCUT2D eigenvalue weighted by molar-refractivity contribution is -0.128. The molecule has 1 unspecified atom stereocenters. The summed E-state index contributed by atoms with van der Waals surface area (Å²) in [6, 6.07) is 16.3. The van der Waals surface area contributed by atoms with Gasteiger partial charge in [-0.3, -0.25) is 9.59 Å². The topological polar surface area (TPSA) is 75.4 Å². The van der Waals surface area contributed by atoms with Crippen LogP contribution in [-0.4, -0.2) is 29.8 Å². The van der Waals surface area contributed by atoms with E-state index in [1.54, 1.807) is 24.3 Å². The molecule has 3 rings (SSSR count). The molecular formula is C19H21N3O2. The van der Waals surface area contributed by atoms with Gasteiger partial charge in [0.25, 0.3) is 5.91 Å². The molecule has 0 aromatic heterocycles. The largest absolute Gasteiger partial charge is 0.399 e. The average Bonchev–Trinajstić information content (AvgIpc) is 3.00. The first-order valence-electron chi connectivity index (χ1n) is 8.12. The van der Waals surface area contributed by atoms with Crippen molar-refractivity contribution >= 4 is 17.5 Å². The molecule has 0 bridgehead atoms. The number of benzene rings is 2. The minimum Gasteiger partial charge on any atom is -0.399 e. The number of hydrogen-bond acceptors (Lipinski definition) is 3. The monoisotopic (exact) mass is 323 g/mol. The summed E-state index contributed by atoms with van der Waals surface area (Å²) in [6.07, 6.45) is 1.47. The number of anilines is 1. The molecule has 5 nitrogen and oxygen atoms in total. The molecule has 1 fully saturated rings. The van der Waals surface area contributed by atoms with E-state index in [0.717, 1.165) is 18.5 Å². The van der Waals surface area contributed by atoms with Crippen molar-refractivity contribution in [3.05, 3.63) is 65.7 Å². The zero-order valence-electron chi connectivity index (χ0n) is 13.4. The van der Waals surface area contributed by atoms with E-state index in [0.29, 0.717) is 24.2 Å². The number of rotatable bonds is 5. The Kier molecular flexibility index (Phi) is 4.79. The molecule has 5 heteroatoms. The van der Waals surface area contributed by atoms with Gasteiger partial charge in [-0.25, -0.2) is 0 Å². The molecular weight excluding hydrogens is 302 g/mol. The molecule has 1 aliphatic heterocycles. The number of nitrogens with zero attached hydrogens (tertiary/aromatic N) is 1. The Morgan fingerprint density at radius 2 is 1.83 bits per heavy atom. The van der Waals surface area contributed by atoms with E-state index in [2.05, 4.69) is 5.32 Å². The second kappa shape index (κ2) is 7.17. The van der Waals surface area contributed by atoms with Crippen LogP contribution in [0.25, 0.3) is 0 Å². The molecule has 1 heterocycles. The molecule has 2 aromatic carbocycles. The van der Waals surface area contributed by atoms with Crippen LogP contribution in [0.2, 0.25) is 0 Å². The Labute approximate surface area is 141 Å². The first kappa shape index (κ1) is 16.1. The Balaban J connectivity index is 1.77. The van der Waals surface area contributed by atoms with Crippen LogP contribution in [0.4, 0.5) is 5.69 Å². The second-order valence-corrected chi connectivity index (χ2v) is 6.00. The normalized spacial score (nSPS) is 15.3. The fourth-order valence-electron chi connectivity index (χ4n) is 2.91. The summed E-state index contributed by atoms with van der Waals surface area (Å²) in [5.41, 5.74) is 7.83. The van der Waals surface area contributed by atoms with Crippen molar-refractivity contribution in [2.75, 3.05) is 18.8 Å². The fraction of sp³-hybridized carbons (Fsp3) is 0.263. The summed E-state index contributed by atoms with van der Waals surface area (Å²) in [7, 11) is 0. The first-order valence-corrected chi connectivity index (χ1v) is 8.12. The summed E-state index contributed by atoms with van der Waals surface area (Å²) < 4.78 is 0. The molecule has 0 radical (unpaired) electrons. The maximum atomic E-state index is 12.5. The molecule has 1 aliphatic rings. The quantitative estimate of drug-likeness (QED) is 0.830. The zero-order chi connectivity index (χ0) is 16.9. The van der Waals surface area contributed by atoms with E-state index in [4.69, 9.17) is 5.73 Å². The highest BCUT2D eigenvalue weighted by molar-refractivity contribution is 5.94. The Hall–Kier alpha value is -2.82. The molecule has 124 valence electrons. The lowest BCUT2D eigenvalue weighted by Crippen LogP contribution is -2.38. The van der Waals surface area contributed by atoms with Crippen molar-refractivity contribution in [2.24, 2.45) is 0 Å². The van der Waals surface area contributed by atoms with E-state index >= 15 is 0 Å². The highest BCUT2D eigenvalue weighted by Gasteiger charge is 2.25. The van der Waals surface area contributed by atoms with E-state index in [1.165, 1.54) is 0 Å². The molecule has 0 spiro atoms. The number of nitrogen functional groups attached to an aromatic ring is 1. The van der Waals surface area contributed by atoms with Gasteiger partial charge in [-0.05, 0) is 36.2 Å². The van der Waals surface area contributed by atoms with Crippen LogP contribution in [0, 0.1) is 0 Å². The van der Waals surface area contributed by atoms with Crippen molar-refractivity contribution in [3.8, 4) is 0 Å². The minimum absolute atomic E-state index is 0.151. The van der Waals surface area contributed by atoms with Crippen molar-refractivity contribution in [2.45, 2.75) is 18.9 Å². The third-order valence-electron chi connectivity index (χ3n) is 4.25. The summed E-state index contributed by atoms with van der Waals surface area (Å²) in [5, 5.41) is 3.04. The maximum Gasteiger partial charge on any atom is 0.251 e. The van der Waals surface area contributed by atoms with Gasteiger partial charge < -0.3 is 16.0 Å². The summed E-state index contributed by atoms with van der Waals surface area (Å²) in [4.78, 5) is 26.3. The van der Waals surface area contributed by atoms with Crippen molar-refractivity contribution in [1.29, 1.82) is 0 Å². The maximum absolute atomic E-state index is 12.5. The number of carbonyl (C=O) groups excluding carboxylic acids is 2. The molecule has 3 N–H and O–H groups in total. The highest BCUT2D eigenvalue weighted by atomic mass is 16.2. The second-order valence-electron chi connectivity index (χ2n) is 6.00. The Morgan fingerprint density at radius 3 is 2.46 bits per heavy atom. The van der Waals surface area contributed by atoms with E-state index < -0.39 is 0 Å². The number of nitrogens with one attached hydrogen (secondary N) is 1. The third-order valence-corrected chi connectivity index (χ3v) is 4.25. The number of hydrogen-bond donors (Lipinski definition) is 2. The van der Waals surface area contributed by atoms with Gasteiger partial charge in [0, 0.05) is 30.8 Å². The predicted molar refractivity (Wildman–Crippen MR) is 93.3 cm³/mol. The van der Waals surface area contributed by atoms with E-state index in [-0.39, 0.29) is 17.9 Å². The van der Waals surface area contributed by atoms with Crippen molar-refractivity contribution in [1.82, 2.24) is 10.2 Å². The van der Waals surface area contributed by atoms with Crippen LogP contribution in [0.15, 0.2) is 54.6 Å². The molecule has 2 aromatic rings. The number of likely N-dealkylation sites (tertiary alicyclic amines) is 1. The molecule has 24 heavy (non-hydrogen) atoms. The van der Waals surface area contributed by atoms with Crippen LogP contribution < -0.4 is 11.1 Å². The van der Waals surface area contributed by atoms with Gasteiger partial charge in [-0.1, -0.05) is 30.3 Å². The van der Waals surface area contributed by atoms with E-state index in [9.17, 15) is 9.59 Å². The lowest BCUT2D eigenvalue weighted by Gasteiger charge is -2.25. The van der Waals surface area contributed by atoms with Gasteiger partial charge >= 0.3 is 0 Å². The standard InChI is InChI=1S/C19H21N3O2/c20-16-10-8-15(9-11-16)19(24)21-17(14-5-2-1-3-6-14)13-22-12-4-7-18(22)23/h1-3,5-6,8-11,17H,4,7,12-13,20H2,(H,21,24). The fourth-order valence-corrected chi connectivity index (χ4v) is 2.91. The van der Waals surface area contributed by atoms with Crippen LogP contribution in [0.5, 0.6) is 0 Å². The van der Waals surface area contributed by atoms with Gasteiger partial charge in [-0.2, -0.15) is 0 Å². The van der Waals surface area contributed by atoms with Gasteiger partial charge in [0.05, 0.1) is 6.04 Å². The predicted octanol–water partition coefficient (Wildman–Crippen LogP) is 2.36. The minimum atomic E-state index is -0.238. The SMILES string of the molecule is Nc1ccc(C(=O)NC(CN2CCCC2=O)c2ccccc2)cc1. The Morgan fingerprint density at radius 1 is 1.12 bits per heavy atom. The molecule has 2 amide bonds. The number of nitrogens with two attached hydrogens (primary N) is 1. The van der Waals surface area contributed by atoms with Crippen molar-refractivity contribution < 1.29 is 9.59 Å². The summed E-state index contributed by atoms with van der Waals surface area (Å²) in [6.45, 7) is 1.24. The van der Waals surface area contributed by atoms with Crippen LogP contribution in [0.1, 0.15) is 34.8 Å². The van der Waals surface area contributed by atoms with Gasteiger partial charge in [0.1, 0.15) is 0 Å². The number of carbonyl (C=O) groups is 2. The molecule has 1 saturated heterocycles. The lowest BCUT2D eigenvalue weighted by atomic mass is 10.1. The van der Waals surface area contributed by atoms with E-state index in [1.807, 2.05) is 35.2 Å². The highest BCUT2D eigenvalue weighted by Crippen LogP contribution is 2.19. The number of amides is 2. The summed E-state index contributed by atoms with van der Waals surface area (Å²) in [5.74, 6) is -0.0202. The zero-order valence-corrected chi connectivity index (χ0v) is 13.4. The summed E-state index contributed by atoms with van der Waals surface area (Å²) >= 11 is 0. The average molecular weight is 323 g/mol. The van der Waals surface area contributed by atoms with Crippen LogP contribution in [0.3, 0.4) is 0 Å². The Bertz CT molecular complexity index is 713. The first-order chi connectivity index (χ1) is 11.6. The van der Waals surface area contributed by atoms with Crippen LogP contribution in [-0.2, 0) is 4.79 Å². The van der Waals surface area contributed by atoms with Gasteiger partial charge in [0.2, 0.25) is 5.91 Å². The molecule has 0 saturated carbocycles. The third kappa shape index (κ3) is 3.74. The van der Waals surface area contributed by atoms with Crippen molar-refractivity contribution in [3.63, 3.8) is 0 Å². The van der Waals surface area contributed by atoms with Crippen LogP contribution >= 0.6 is 0 Å². The van der Waals surface area contributed by atoms with Gasteiger partial charge in [-0.15, -0.1) is 0 Å². The smallest absolute Gasteiger partial charge is 0.251 e.